The molecule has 1 rings (SSSR count). The maximum atomic E-state index is 11.8. The molecule has 0 heterocycles. The Morgan fingerprint density at radius 2 is 2.00 bits per heavy atom. The fourth-order valence-electron chi connectivity index (χ4n) is 2.02. The lowest BCUT2D eigenvalue weighted by Gasteiger charge is -2.35. The van der Waals surface area contributed by atoms with Crippen molar-refractivity contribution in [2.75, 3.05) is 12.4 Å². The number of aliphatic hydroxyl groups is 1. The van der Waals surface area contributed by atoms with Crippen molar-refractivity contribution in [1.82, 2.24) is 5.32 Å². The molecule has 0 aromatic heterocycles. The van der Waals surface area contributed by atoms with Crippen molar-refractivity contribution in [3.63, 3.8) is 0 Å². The van der Waals surface area contributed by atoms with Gasteiger partial charge in [0.25, 0.3) is 0 Å². The van der Waals surface area contributed by atoms with Gasteiger partial charge in [-0.25, -0.2) is 0 Å². The molecule has 2 N–H and O–H groups in total. The largest absolute Gasteiger partial charge is 0.388 e. The molecule has 0 radical (unpaired) electrons. The van der Waals surface area contributed by atoms with E-state index in [4.69, 9.17) is 11.6 Å². The van der Waals surface area contributed by atoms with Crippen LogP contribution in [0.3, 0.4) is 0 Å². The lowest BCUT2D eigenvalue weighted by molar-refractivity contribution is -0.130. The van der Waals surface area contributed by atoms with Crippen LogP contribution in [-0.4, -0.2) is 29.0 Å². The Hall–Kier alpha value is -0.280. The van der Waals surface area contributed by atoms with Crippen LogP contribution in [0.5, 0.6) is 0 Å². The van der Waals surface area contributed by atoms with E-state index in [1.807, 2.05) is 13.8 Å². The van der Waals surface area contributed by atoms with Crippen molar-refractivity contribution >= 4 is 17.5 Å². The number of hydrogen-bond donors (Lipinski definition) is 2. The second kappa shape index (κ2) is 5.57. The highest BCUT2D eigenvalue weighted by Crippen LogP contribution is 2.31. The Morgan fingerprint density at radius 1 is 1.47 bits per heavy atom. The zero-order chi connectivity index (χ0) is 13.1. The molecule has 100 valence electrons. The van der Waals surface area contributed by atoms with E-state index in [0.717, 1.165) is 25.7 Å². The zero-order valence-corrected chi connectivity index (χ0v) is 11.8. The van der Waals surface area contributed by atoms with Crippen LogP contribution in [0.25, 0.3) is 0 Å². The van der Waals surface area contributed by atoms with Crippen LogP contribution < -0.4 is 5.32 Å². The summed E-state index contributed by atoms with van der Waals surface area (Å²) < 4.78 is 0. The molecule has 1 fully saturated rings. The summed E-state index contributed by atoms with van der Waals surface area (Å²) in [6, 6.07) is 0. The van der Waals surface area contributed by atoms with Gasteiger partial charge in [-0.2, -0.15) is 0 Å². The molecule has 1 aliphatic carbocycles. The first-order chi connectivity index (χ1) is 7.79. The molecule has 0 saturated heterocycles. The van der Waals surface area contributed by atoms with E-state index in [1.165, 1.54) is 0 Å². The minimum atomic E-state index is -0.718. The number of rotatable bonds is 4. The molecule has 0 aliphatic heterocycles. The van der Waals surface area contributed by atoms with Crippen molar-refractivity contribution < 1.29 is 9.90 Å². The predicted molar refractivity (Wildman–Crippen MR) is 70.1 cm³/mol. The number of carbonyl (C=O) groups excluding carboxylic acids is 1. The molecular formula is C13H24ClNO2. The van der Waals surface area contributed by atoms with Crippen LogP contribution in [-0.2, 0) is 4.79 Å². The van der Waals surface area contributed by atoms with Crippen LogP contribution in [0.2, 0.25) is 0 Å². The van der Waals surface area contributed by atoms with Crippen molar-refractivity contribution in [1.29, 1.82) is 0 Å². The van der Waals surface area contributed by atoms with Gasteiger partial charge in [-0.15, -0.1) is 11.6 Å². The molecule has 3 nitrogen and oxygen atoms in total. The molecule has 17 heavy (non-hydrogen) atoms. The van der Waals surface area contributed by atoms with Gasteiger partial charge in [-0.1, -0.05) is 6.92 Å². The fourth-order valence-corrected chi connectivity index (χ4v) is 2.14. The molecule has 0 bridgehead atoms. The Balaban J connectivity index is 2.42. The molecule has 0 atom stereocenters. The summed E-state index contributed by atoms with van der Waals surface area (Å²) >= 11 is 5.74. The normalized spacial score (nSPS) is 30.1. The summed E-state index contributed by atoms with van der Waals surface area (Å²) in [6.07, 6.45) is 3.61. The highest BCUT2D eigenvalue weighted by Gasteiger charge is 2.34. The topological polar surface area (TPSA) is 49.3 Å². The number of hydrogen-bond acceptors (Lipinski definition) is 2. The number of amides is 1. The highest BCUT2D eigenvalue weighted by atomic mass is 35.5. The third kappa shape index (κ3) is 4.14. The summed E-state index contributed by atoms with van der Waals surface area (Å²) in [6.45, 7) is 6.16. The van der Waals surface area contributed by atoms with Gasteiger partial charge in [-0.05, 0) is 45.4 Å². The van der Waals surface area contributed by atoms with Crippen LogP contribution in [0.15, 0.2) is 0 Å². The molecule has 4 heteroatoms. The molecule has 0 aromatic rings. The van der Waals surface area contributed by atoms with Crippen LogP contribution in [0.4, 0.5) is 0 Å². The van der Waals surface area contributed by atoms with Crippen molar-refractivity contribution in [3.05, 3.63) is 0 Å². The molecule has 0 spiro atoms. The summed E-state index contributed by atoms with van der Waals surface area (Å²) in [5, 5.41) is 13.2. The lowest BCUT2D eigenvalue weighted by atomic mass is 9.79. The minimum absolute atomic E-state index is 0.0838. The third-order valence-electron chi connectivity index (χ3n) is 3.73. The Morgan fingerprint density at radius 3 is 2.47 bits per heavy atom. The van der Waals surface area contributed by atoms with Gasteiger partial charge >= 0.3 is 0 Å². The third-order valence-corrected chi connectivity index (χ3v) is 4.40. The van der Waals surface area contributed by atoms with E-state index < -0.39 is 11.0 Å². The fraction of sp³-hybridized carbons (Fsp3) is 0.923. The lowest BCUT2D eigenvalue weighted by Crippen LogP contribution is -2.48. The Labute approximate surface area is 109 Å². The number of carbonyl (C=O) groups is 1. The van der Waals surface area contributed by atoms with Gasteiger partial charge in [0.15, 0.2) is 0 Å². The summed E-state index contributed by atoms with van der Waals surface area (Å²) in [4.78, 5) is 11.8. The van der Waals surface area contributed by atoms with Crippen LogP contribution in [0.1, 0.15) is 46.5 Å². The molecular weight excluding hydrogens is 238 g/mol. The van der Waals surface area contributed by atoms with Gasteiger partial charge in [0.05, 0.1) is 11.0 Å². The maximum Gasteiger partial charge on any atom is 0.226 e. The first kappa shape index (κ1) is 14.8. The minimum Gasteiger partial charge on any atom is -0.388 e. The van der Waals surface area contributed by atoms with E-state index in [9.17, 15) is 9.90 Å². The average Bonchev–Trinajstić information content (AvgIpc) is 2.30. The highest BCUT2D eigenvalue weighted by molar-refractivity contribution is 6.19. The number of nitrogens with one attached hydrogen (secondary N) is 1. The monoisotopic (exact) mass is 261 g/mol. The molecule has 0 unspecified atom stereocenters. The van der Waals surface area contributed by atoms with E-state index in [2.05, 4.69) is 12.2 Å². The average molecular weight is 262 g/mol. The standard InChI is InChI=1S/C13H24ClNO2/c1-10-4-6-13(17,7-5-10)9-15-11(16)12(2,3)8-14/h10,17H,4-9H2,1-3H3,(H,15,16). The van der Waals surface area contributed by atoms with Gasteiger partial charge in [0.1, 0.15) is 0 Å². The zero-order valence-electron chi connectivity index (χ0n) is 11.1. The Kier molecular flexibility index (Phi) is 4.85. The van der Waals surface area contributed by atoms with E-state index in [1.54, 1.807) is 0 Å². The molecule has 1 aliphatic rings. The number of halogens is 1. The Bertz CT molecular complexity index is 271. The van der Waals surface area contributed by atoms with Crippen molar-refractivity contribution in [2.24, 2.45) is 11.3 Å². The van der Waals surface area contributed by atoms with E-state index >= 15 is 0 Å². The first-order valence-corrected chi connectivity index (χ1v) is 6.89. The van der Waals surface area contributed by atoms with Gasteiger partial charge in [-0.3, -0.25) is 4.79 Å². The van der Waals surface area contributed by atoms with Gasteiger partial charge in [0.2, 0.25) is 5.91 Å². The van der Waals surface area contributed by atoms with E-state index in [-0.39, 0.29) is 11.8 Å². The SMILES string of the molecule is CC1CCC(O)(CNC(=O)C(C)(C)CCl)CC1. The smallest absolute Gasteiger partial charge is 0.226 e. The summed E-state index contributed by atoms with van der Waals surface area (Å²) in [7, 11) is 0. The molecule has 1 amide bonds. The van der Waals surface area contributed by atoms with Crippen LogP contribution in [0, 0.1) is 11.3 Å². The van der Waals surface area contributed by atoms with Crippen LogP contribution >= 0.6 is 11.6 Å². The summed E-state index contributed by atoms with van der Waals surface area (Å²) in [5.41, 5.74) is -1.29. The summed E-state index contributed by atoms with van der Waals surface area (Å²) in [5.74, 6) is 0.888. The first-order valence-electron chi connectivity index (χ1n) is 6.36. The molecule has 0 aromatic carbocycles. The van der Waals surface area contributed by atoms with Crippen molar-refractivity contribution in [3.8, 4) is 0 Å². The quantitative estimate of drug-likeness (QED) is 0.763. The van der Waals surface area contributed by atoms with E-state index in [0.29, 0.717) is 12.5 Å². The number of alkyl halides is 1. The maximum absolute atomic E-state index is 11.8. The van der Waals surface area contributed by atoms with Gasteiger partial charge in [0, 0.05) is 12.4 Å². The second-order valence-corrected chi connectivity index (χ2v) is 6.37. The van der Waals surface area contributed by atoms with Gasteiger partial charge < -0.3 is 10.4 Å². The van der Waals surface area contributed by atoms with Crippen molar-refractivity contribution in [2.45, 2.75) is 52.1 Å². The molecule has 1 saturated carbocycles. The second-order valence-electron chi connectivity index (χ2n) is 6.11. The predicted octanol–water partition coefficient (Wildman–Crippen LogP) is 2.31.